The number of benzene rings is 3. The van der Waals surface area contributed by atoms with Crippen LogP contribution in [-0.4, -0.2) is 45.0 Å². The summed E-state index contributed by atoms with van der Waals surface area (Å²) >= 11 is 0. The maximum absolute atomic E-state index is 13.6. The van der Waals surface area contributed by atoms with E-state index in [1.807, 2.05) is 66.7 Å². The molecule has 1 aliphatic rings. The van der Waals surface area contributed by atoms with Gasteiger partial charge in [0.05, 0.1) is 12.1 Å². The van der Waals surface area contributed by atoms with Crippen LogP contribution >= 0.6 is 0 Å². The lowest BCUT2D eigenvalue weighted by Crippen LogP contribution is -2.24. The third kappa shape index (κ3) is 5.71. The molecular formula is C31H27F2N5O. The number of nitrogens with one attached hydrogen (secondary N) is 2. The molecule has 39 heavy (non-hydrogen) atoms. The molecule has 0 aliphatic carbocycles. The van der Waals surface area contributed by atoms with E-state index < -0.39 is 5.92 Å². The summed E-state index contributed by atoms with van der Waals surface area (Å²) in [6, 6.07) is 25.6. The Morgan fingerprint density at radius 2 is 1.77 bits per heavy atom. The number of aromatic nitrogens is 3. The Labute approximate surface area is 224 Å². The van der Waals surface area contributed by atoms with Gasteiger partial charge in [0.15, 0.2) is 5.69 Å². The normalized spacial score (nSPS) is 15.0. The summed E-state index contributed by atoms with van der Waals surface area (Å²) in [5.41, 5.74) is 6.61. The monoisotopic (exact) mass is 523 g/mol. The lowest BCUT2D eigenvalue weighted by molar-refractivity contribution is 0.0115. The van der Waals surface area contributed by atoms with E-state index in [4.69, 9.17) is 0 Å². The van der Waals surface area contributed by atoms with Crippen molar-refractivity contribution in [3.63, 3.8) is 0 Å². The molecule has 3 aromatic carbocycles. The van der Waals surface area contributed by atoms with Gasteiger partial charge in [-0.05, 0) is 59.0 Å². The Hall–Kier alpha value is -4.43. The number of anilines is 1. The van der Waals surface area contributed by atoms with E-state index in [1.165, 1.54) is 5.56 Å². The average Bonchev–Trinajstić information content (AvgIpc) is 3.51. The number of likely N-dealkylation sites (tertiary alicyclic amines) is 1. The predicted molar refractivity (Wildman–Crippen MR) is 148 cm³/mol. The Morgan fingerprint density at radius 3 is 2.59 bits per heavy atom. The van der Waals surface area contributed by atoms with Gasteiger partial charge in [-0.3, -0.25) is 19.8 Å². The molecule has 0 radical (unpaired) electrons. The first kappa shape index (κ1) is 24.9. The number of carbonyl (C=O) groups is 1. The molecule has 2 aromatic heterocycles. The Kier molecular flexibility index (Phi) is 6.62. The molecule has 5 aromatic rings. The molecule has 2 N–H and O–H groups in total. The van der Waals surface area contributed by atoms with Crippen molar-refractivity contribution in [1.29, 1.82) is 0 Å². The lowest BCUT2D eigenvalue weighted by atomic mass is 10.0. The van der Waals surface area contributed by atoms with Crippen LogP contribution in [0.1, 0.15) is 33.6 Å². The summed E-state index contributed by atoms with van der Waals surface area (Å²) in [4.78, 5) is 19.3. The standard InChI is InChI=1S/C31H27F2N5O/c32-31(33)11-12-38(20-31)19-23-14-25(18-34-17-23)24-9-10-28-27(16-24)29(37-36-28)30(39)35-26-8-4-7-22(15-26)13-21-5-2-1-3-6-21/h1-10,14-18H,11-13,19-20H2,(H,35,39)(H,36,37). The highest BCUT2D eigenvalue weighted by Gasteiger charge is 2.37. The fraction of sp³-hybridized carbons (Fsp3) is 0.194. The van der Waals surface area contributed by atoms with Gasteiger partial charge in [0.1, 0.15) is 0 Å². The molecule has 1 saturated heterocycles. The molecule has 6 nitrogen and oxygen atoms in total. The van der Waals surface area contributed by atoms with Gasteiger partial charge >= 0.3 is 0 Å². The number of rotatable bonds is 7. The number of H-pyrrole nitrogens is 1. The van der Waals surface area contributed by atoms with Gasteiger partial charge in [-0.25, -0.2) is 8.78 Å². The fourth-order valence-corrected chi connectivity index (χ4v) is 5.08. The average molecular weight is 524 g/mol. The van der Waals surface area contributed by atoms with Crippen LogP contribution in [0.15, 0.2) is 91.3 Å². The summed E-state index contributed by atoms with van der Waals surface area (Å²) < 4.78 is 27.2. The van der Waals surface area contributed by atoms with E-state index in [-0.39, 0.29) is 18.9 Å². The third-order valence-corrected chi connectivity index (χ3v) is 7.00. The molecule has 1 amide bonds. The van der Waals surface area contributed by atoms with E-state index in [1.54, 1.807) is 17.3 Å². The summed E-state index contributed by atoms with van der Waals surface area (Å²) in [6.45, 7) is 0.555. The molecule has 0 bridgehead atoms. The van der Waals surface area contributed by atoms with Crippen molar-refractivity contribution in [2.24, 2.45) is 0 Å². The van der Waals surface area contributed by atoms with Crippen LogP contribution in [0.4, 0.5) is 14.5 Å². The number of pyridine rings is 1. The number of alkyl halides is 2. The van der Waals surface area contributed by atoms with Crippen molar-refractivity contribution in [2.75, 3.05) is 18.4 Å². The molecule has 1 aliphatic heterocycles. The molecule has 0 saturated carbocycles. The number of nitrogens with zero attached hydrogens (tertiary/aromatic N) is 3. The minimum atomic E-state index is -2.63. The van der Waals surface area contributed by atoms with Crippen LogP contribution in [0.2, 0.25) is 0 Å². The van der Waals surface area contributed by atoms with Crippen molar-refractivity contribution in [3.05, 3.63) is 114 Å². The first-order chi connectivity index (χ1) is 18.9. The molecule has 8 heteroatoms. The minimum absolute atomic E-state index is 0.112. The van der Waals surface area contributed by atoms with Crippen LogP contribution in [0.3, 0.4) is 0 Å². The van der Waals surface area contributed by atoms with Gasteiger partial charge < -0.3 is 5.32 Å². The van der Waals surface area contributed by atoms with E-state index in [2.05, 4.69) is 32.6 Å². The maximum atomic E-state index is 13.6. The molecule has 196 valence electrons. The molecule has 6 rings (SSSR count). The number of aromatic amines is 1. The van der Waals surface area contributed by atoms with E-state index in [0.717, 1.165) is 34.2 Å². The quantitative estimate of drug-likeness (QED) is 0.262. The highest BCUT2D eigenvalue weighted by atomic mass is 19.3. The smallest absolute Gasteiger partial charge is 0.276 e. The summed E-state index contributed by atoms with van der Waals surface area (Å²) in [5.74, 6) is -2.94. The zero-order valence-electron chi connectivity index (χ0n) is 21.2. The second kappa shape index (κ2) is 10.4. The number of hydrogen-bond acceptors (Lipinski definition) is 4. The van der Waals surface area contributed by atoms with E-state index in [9.17, 15) is 13.6 Å². The lowest BCUT2D eigenvalue weighted by Gasteiger charge is -2.15. The van der Waals surface area contributed by atoms with Crippen LogP contribution in [0, 0.1) is 0 Å². The van der Waals surface area contributed by atoms with Crippen molar-refractivity contribution >= 4 is 22.5 Å². The number of carbonyl (C=O) groups excluding carboxylic acids is 1. The van der Waals surface area contributed by atoms with E-state index in [0.29, 0.717) is 29.9 Å². The van der Waals surface area contributed by atoms with Crippen LogP contribution < -0.4 is 5.32 Å². The first-order valence-corrected chi connectivity index (χ1v) is 12.9. The zero-order valence-corrected chi connectivity index (χ0v) is 21.2. The topological polar surface area (TPSA) is 73.9 Å². The largest absolute Gasteiger partial charge is 0.321 e. The van der Waals surface area contributed by atoms with Gasteiger partial charge in [-0.15, -0.1) is 0 Å². The summed E-state index contributed by atoms with van der Waals surface area (Å²) in [7, 11) is 0. The number of hydrogen-bond donors (Lipinski definition) is 2. The molecule has 0 atom stereocenters. The summed E-state index contributed by atoms with van der Waals surface area (Å²) in [6.07, 6.45) is 4.11. The Balaban J connectivity index is 1.21. The van der Waals surface area contributed by atoms with Crippen molar-refractivity contribution in [2.45, 2.75) is 25.3 Å². The number of halogens is 2. The molecule has 0 spiro atoms. The minimum Gasteiger partial charge on any atom is -0.321 e. The highest BCUT2D eigenvalue weighted by molar-refractivity contribution is 6.11. The Morgan fingerprint density at radius 1 is 0.923 bits per heavy atom. The molecule has 0 unspecified atom stereocenters. The van der Waals surface area contributed by atoms with Crippen LogP contribution in [-0.2, 0) is 13.0 Å². The third-order valence-electron chi connectivity index (χ3n) is 7.00. The number of fused-ring (bicyclic) bond motifs is 1. The first-order valence-electron chi connectivity index (χ1n) is 12.9. The van der Waals surface area contributed by atoms with Crippen molar-refractivity contribution < 1.29 is 13.6 Å². The second-order valence-electron chi connectivity index (χ2n) is 10.0. The second-order valence-corrected chi connectivity index (χ2v) is 10.0. The van der Waals surface area contributed by atoms with Gasteiger partial charge in [0, 0.05) is 48.5 Å². The Bertz CT molecular complexity index is 1630. The van der Waals surface area contributed by atoms with Crippen molar-refractivity contribution in [3.8, 4) is 11.1 Å². The SMILES string of the molecule is O=C(Nc1cccc(Cc2ccccc2)c1)c1n[nH]c2ccc(-c3cncc(CN4CCC(F)(F)C4)c3)cc12. The molecule has 3 heterocycles. The van der Waals surface area contributed by atoms with Gasteiger partial charge in [0.2, 0.25) is 0 Å². The predicted octanol–water partition coefficient (Wildman–Crippen LogP) is 6.31. The fourth-order valence-electron chi connectivity index (χ4n) is 5.08. The number of amides is 1. The molecular weight excluding hydrogens is 496 g/mol. The van der Waals surface area contributed by atoms with Gasteiger partial charge in [-0.2, -0.15) is 5.10 Å². The van der Waals surface area contributed by atoms with Crippen molar-refractivity contribution in [1.82, 2.24) is 20.1 Å². The van der Waals surface area contributed by atoms with Gasteiger partial charge in [0.25, 0.3) is 11.8 Å². The highest BCUT2D eigenvalue weighted by Crippen LogP contribution is 2.30. The zero-order chi connectivity index (χ0) is 26.8. The van der Waals surface area contributed by atoms with Crippen LogP contribution in [0.5, 0.6) is 0 Å². The molecule has 1 fully saturated rings. The maximum Gasteiger partial charge on any atom is 0.276 e. The van der Waals surface area contributed by atoms with Crippen LogP contribution in [0.25, 0.3) is 22.0 Å². The van der Waals surface area contributed by atoms with Gasteiger partial charge in [-0.1, -0.05) is 48.5 Å². The van der Waals surface area contributed by atoms with E-state index >= 15 is 0 Å². The summed E-state index contributed by atoms with van der Waals surface area (Å²) in [5, 5.41) is 10.9.